The predicted octanol–water partition coefficient (Wildman–Crippen LogP) is 1.98. The van der Waals surface area contributed by atoms with Gasteiger partial charge in [0.25, 0.3) is 11.8 Å². The van der Waals surface area contributed by atoms with Gasteiger partial charge in [-0.1, -0.05) is 0 Å². The number of aldehydes is 1. The molecule has 0 bridgehead atoms. The number of hydrazone groups is 1. The van der Waals surface area contributed by atoms with E-state index in [0.29, 0.717) is 24.2 Å². The molecule has 2 unspecified atom stereocenters. The summed E-state index contributed by atoms with van der Waals surface area (Å²) in [7, 11) is 0. The molecule has 4 heterocycles. The third-order valence-electron chi connectivity index (χ3n) is 9.91. The lowest BCUT2D eigenvalue weighted by atomic mass is 9.79. The molecule has 5 aliphatic rings. The fourth-order valence-corrected chi connectivity index (χ4v) is 7.24. The maximum absolute atomic E-state index is 13.1. The highest BCUT2D eigenvalue weighted by Crippen LogP contribution is 2.44. The first-order chi connectivity index (χ1) is 21.9. The van der Waals surface area contributed by atoms with Crippen LogP contribution in [0.1, 0.15) is 70.9 Å². The monoisotopic (exact) mass is 612 g/mol. The van der Waals surface area contributed by atoms with E-state index in [-0.39, 0.29) is 29.9 Å². The largest absolute Gasteiger partial charge is 0.385 e. The Morgan fingerprint density at radius 2 is 1.89 bits per heavy atom. The summed E-state index contributed by atoms with van der Waals surface area (Å²) < 4.78 is 0. The Bertz CT molecular complexity index is 1530. The molecule has 45 heavy (non-hydrogen) atoms. The van der Waals surface area contributed by atoms with Gasteiger partial charge in [0.15, 0.2) is 0 Å². The van der Waals surface area contributed by atoms with E-state index in [1.165, 1.54) is 29.9 Å². The number of primary amides is 1. The summed E-state index contributed by atoms with van der Waals surface area (Å²) in [5.41, 5.74) is 10.4. The second-order valence-corrected chi connectivity index (χ2v) is 12.9. The molecule has 0 radical (unpaired) electrons. The smallest absolute Gasteiger partial charge is 0.262 e. The number of imide groups is 1. The first-order valence-corrected chi connectivity index (χ1v) is 16.2. The summed E-state index contributed by atoms with van der Waals surface area (Å²) in [4.78, 5) is 57.2. The number of piperazine rings is 1. The van der Waals surface area contributed by atoms with Gasteiger partial charge in [0.2, 0.25) is 5.91 Å². The first kappa shape index (κ1) is 29.4. The van der Waals surface area contributed by atoms with Gasteiger partial charge in [-0.25, -0.2) is 0 Å². The second kappa shape index (κ2) is 12.2. The van der Waals surface area contributed by atoms with Crippen LogP contribution in [0.5, 0.6) is 0 Å². The zero-order valence-corrected chi connectivity index (χ0v) is 25.4. The average molecular weight is 613 g/mol. The summed E-state index contributed by atoms with van der Waals surface area (Å²) in [6, 6.07) is 8.58. The number of nitrogens with two attached hydrogens (primary N) is 1. The van der Waals surface area contributed by atoms with Crippen molar-refractivity contribution in [2.45, 2.75) is 56.5 Å². The van der Waals surface area contributed by atoms with Crippen LogP contribution in [0.15, 0.2) is 41.6 Å². The molecule has 3 amide bonds. The summed E-state index contributed by atoms with van der Waals surface area (Å²) in [6.45, 7) is 5.58. The van der Waals surface area contributed by atoms with Gasteiger partial charge >= 0.3 is 0 Å². The number of anilines is 2. The maximum Gasteiger partial charge on any atom is 0.262 e. The number of benzene rings is 1. The Hall–Kier alpha value is -4.32. The molecule has 4 N–H and O–H groups in total. The zero-order chi connectivity index (χ0) is 31.1. The van der Waals surface area contributed by atoms with Crippen molar-refractivity contribution in [2.75, 3.05) is 49.5 Å². The lowest BCUT2D eigenvalue weighted by molar-refractivity contribution is -0.122. The quantitative estimate of drug-likeness (QED) is 0.241. The summed E-state index contributed by atoms with van der Waals surface area (Å²) in [6.07, 6.45) is 7.09. The van der Waals surface area contributed by atoms with Crippen LogP contribution >= 0.6 is 0 Å². The number of hydrogen-bond acceptors (Lipinski definition) is 10. The van der Waals surface area contributed by atoms with Gasteiger partial charge in [-0.15, -0.1) is 0 Å². The highest BCUT2D eigenvalue weighted by molar-refractivity contribution is 6.23. The molecular formula is C33H40N8O4. The molecule has 2 saturated carbocycles. The molecular weight excluding hydrogens is 572 g/mol. The van der Waals surface area contributed by atoms with Crippen molar-refractivity contribution in [3.05, 3.63) is 53.3 Å². The van der Waals surface area contributed by atoms with Crippen LogP contribution < -0.4 is 21.3 Å². The number of amides is 3. The molecule has 2 aliphatic carbocycles. The van der Waals surface area contributed by atoms with Gasteiger partial charge in [-0.3, -0.25) is 29.3 Å². The van der Waals surface area contributed by atoms with E-state index in [9.17, 15) is 19.2 Å². The number of carbonyl (C=O) groups excluding carboxylic acids is 4. The van der Waals surface area contributed by atoms with Crippen molar-refractivity contribution in [3.8, 4) is 0 Å². The fourth-order valence-electron chi connectivity index (χ4n) is 7.24. The van der Waals surface area contributed by atoms with E-state index in [1.54, 1.807) is 18.2 Å². The Morgan fingerprint density at radius 3 is 2.62 bits per heavy atom. The average Bonchev–Trinajstić information content (AvgIpc) is 3.75. The standard InChI is InChI=1S/C33H40N8O4/c34-31(43)28(4-2-14-42)41-32(44)24-8-7-22(17-25(24)33(41)45)37-18-20-15-23(16-20)40-19-26(29(38-40)21-5-6-21)30-27(3-1-9-36-30)39-12-10-35-11-13-39/h1,3,7-9,14,17,20-21,23,26,28,35,37H,2,4-6,10-13,15-16,18-19H2,(H2,34,43)/t20-,23-,26?,28?. The van der Waals surface area contributed by atoms with Crippen molar-refractivity contribution >= 4 is 41.1 Å². The number of hydrogen-bond donors (Lipinski definition) is 3. The van der Waals surface area contributed by atoms with Crippen LogP contribution in [0.3, 0.4) is 0 Å². The molecule has 1 aromatic carbocycles. The van der Waals surface area contributed by atoms with Crippen LogP contribution in [0, 0.1) is 11.8 Å². The molecule has 236 valence electrons. The van der Waals surface area contributed by atoms with Gasteiger partial charge in [-0.05, 0) is 74.3 Å². The SMILES string of the molecule is NC(=O)C(CCC=O)N1C(=O)c2ccc(NC[C@H]3C[C@H](N4CC(c5ncccc5N5CCNCC5)C(C5CC5)=N4)C3)cc2C1=O. The third-order valence-corrected chi connectivity index (χ3v) is 9.91. The van der Waals surface area contributed by atoms with Crippen molar-refractivity contribution in [1.82, 2.24) is 20.2 Å². The minimum absolute atomic E-state index is 0.0153. The van der Waals surface area contributed by atoms with Gasteiger partial charge in [-0.2, -0.15) is 5.10 Å². The van der Waals surface area contributed by atoms with Crippen LogP contribution in [-0.2, 0) is 9.59 Å². The molecule has 1 aromatic heterocycles. The highest BCUT2D eigenvalue weighted by atomic mass is 16.2. The second-order valence-electron chi connectivity index (χ2n) is 12.9. The molecule has 1 saturated heterocycles. The van der Waals surface area contributed by atoms with E-state index in [0.717, 1.165) is 62.7 Å². The summed E-state index contributed by atoms with van der Waals surface area (Å²) in [5.74, 6) is -0.646. The molecule has 3 aliphatic heterocycles. The molecule has 2 atom stereocenters. The van der Waals surface area contributed by atoms with Gasteiger partial charge in [0.1, 0.15) is 12.3 Å². The lowest BCUT2D eigenvalue weighted by Gasteiger charge is -2.40. The fraction of sp³-hybridized carbons (Fsp3) is 0.515. The van der Waals surface area contributed by atoms with Crippen LogP contribution in [0.25, 0.3) is 0 Å². The van der Waals surface area contributed by atoms with Crippen molar-refractivity contribution < 1.29 is 19.2 Å². The van der Waals surface area contributed by atoms with E-state index in [1.807, 2.05) is 12.3 Å². The number of fused-ring (bicyclic) bond motifs is 1. The van der Waals surface area contributed by atoms with Crippen LogP contribution in [0.4, 0.5) is 11.4 Å². The van der Waals surface area contributed by atoms with E-state index in [2.05, 4.69) is 26.6 Å². The van der Waals surface area contributed by atoms with Crippen LogP contribution in [-0.4, -0.2) is 96.0 Å². The normalized spacial score (nSPS) is 25.1. The minimum Gasteiger partial charge on any atom is -0.385 e. The van der Waals surface area contributed by atoms with Gasteiger partial charge in [0.05, 0.1) is 40.7 Å². The van der Waals surface area contributed by atoms with E-state index in [4.69, 9.17) is 15.8 Å². The Labute approximate surface area is 262 Å². The Balaban J connectivity index is 0.967. The molecule has 12 heteroatoms. The topological polar surface area (TPSA) is 153 Å². The summed E-state index contributed by atoms with van der Waals surface area (Å²) >= 11 is 0. The molecule has 0 spiro atoms. The molecule has 3 fully saturated rings. The van der Waals surface area contributed by atoms with Gasteiger partial charge < -0.3 is 26.1 Å². The zero-order valence-electron chi connectivity index (χ0n) is 25.4. The highest BCUT2D eigenvalue weighted by Gasteiger charge is 2.45. The summed E-state index contributed by atoms with van der Waals surface area (Å²) in [5, 5.41) is 14.4. The van der Waals surface area contributed by atoms with Crippen molar-refractivity contribution in [1.29, 1.82) is 0 Å². The van der Waals surface area contributed by atoms with E-state index >= 15 is 0 Å². The maximum atomic E-state index is 13.1. The molecule has 12 nitrogen and oxygen atoms in total. The van der Waals surface area contributed by atoms with Crippen molar-refractivity contribution in [3.63, 3.8) is 0 Å². The number of rotatable bonds is 12. The number of carbonyl (C=O) groups is 4. The number of nitrogens with one attached hydrogen (secondary N) is 2. The predicted molar refractivity (Wildman–Crippen MR) is 169 cm³/mol. The van der Waals surface area contributed by atoms with Gasteiger partial charge in [0, 0.05) is 57.1 Å². The Kier molecular flexibility index (Phi) is 7.99. The first-order valence-electron chi connectivity index (χ1n) is 16.2. The number of aromatic nitrogens is 1. The molecule has 2 aromatic rings. The van der Waals surface area contributed by atoms with E-state index < -0.39 is 23.8 Å². The number of pyridine rings is 1. The lowest BCUT2D eigenvalue weighted by Crippen LogP contribution is -2.47. The Morgan fingerprint density at radius 1 is 1.11 bits per heavy atom. The van der Waals surface area contributed by atoms with Crippen LogP contribution in [0.2, 0.25) is 0 Å². The molecule has 7 rings (SSSR count). The third kappa shape index (κ3) is 5.67. The van der Waals surface area contributed by atoms with Crippen molar-refractivity contribution in [2.24, 2.45) is 22.7 Å². The minimum atomic E-state index is -1.15. The number of nitrogens with zero attached hydrogens (tertiary/aromatic N) is 5.